The Morgan fingerprint density at radius 2 is 2.50 bits per heavy atom. The van der Waals surface area contributed by atoms with Gasteiger partial charge in [0.2, 0.25) is 0 Å². The van der Waals surface area contributed by atoms with Gasteiger partial charge in [0.05, 0.1) is 0 Å². The molecule has 0 aromatic carbocycles. The molecule has 0 bridgehead atoms. The van der Waals surface area contributed by atoms with Gasteiger partial charge in [-0.25, -0.2) is 0 Å². The Hall–Kier alpha value is 0.240. The number of halogens is 2. The van der Waals surface area contributed by atoms with Crippen LogP contribution in [0.15, 0.2) is 36.2 Å². The zero-order valence-electron chi connectivity index (χ0n) is 6.55. The molecule has 5 heteroatoms. The second-order valence-corrected chi connectivity index (χ2v) is 5.69. The number of hydrogen-bond acceptors (Lipinski definition) is 3. The molecule has 68 valence electrons. The number of allylic oxidation sites excluding steroid dienone is 3. The molecule has 0 spiro atoms. The summed E-state index contributed by atoms with van der Waals surface area (Å²) in [4.78, 5) is 5.20. The van der Waals surface area contributed by atoms with Crippen molar-refractivity contribution in [2.24, 2.45) is 0 Å². The molecule has 0 aromatic rings. The van der Waals surface area contributed by atoms with E-state index >= 15 is 0 Å². The molecule has 0 aliphatic carbocycles. The van der Waals surface area contributed by atoms with Crippen LogP contribution in [0.3, 0.4) is 0 Å². The molecule has 1 N–H and O–H groups in total. The van der Waals surface area contributed by atoms with Crippen molar-refractivity contribution in [1.29, 1.82) is 0 Å². The number of nitrogens with one attached hydrogen (secondary N) is 1. The fourth-order valence-corrected chi connectivity index (χ4v) is 3.44. The molecule has 0 radical (unpaired) electrons. The van der Waals surface area contributed by atoms with Gasteiger partial charge in [-0.1, -0.05) is 0 Å². The van der Waals surface area contributed by atoms with Crippen molar-refractivity contribution in [2.75, 3.05) is 0 Å². The predicted molar refractivity (Wildman–Crippen MR) is 52.1 cm³/mol. The summed E-state index contributed by atoms with van der Waals surface area (Å²) in [5.41, 5.74) is 4.83. The summed E-state index contributed by atoms with van der Waals surface area (Å²) < 4.78 is 1.85. The van der Waals surface area contributed by atoms with E-state index in [4.69, 9.17) is 4.94 Å². The van der Waals surface area contributed by atoms with E-state index in [2.05, 4.69) is 30.7 Å². The zero-order valence-corrected chi connectivity index (χ0v) is 10.9. The fourth-order valence-electron chi connectivity index (χ4n) is 0.801. The van der Waals surface area contributed by atoms with Crippen LogP contribution in [0.5, 0.6) is 0 Å². The van der Waals surface area contributed by atoms with E-state index in [0.717, 1.165) is 11.4 Å². The molecule has 0 atom stereocenters. The first-order valence-electron chi connectivity index (χ1n) is 3.32. The summed E-state index contributed by atoms with van der Waals surface area (Å²) >= 11 is 2.21. The predicted octanol–water partition coefficient (Wildman–Crippen LogP) is -0.934. The van der Waals surface area contributed by atoms with Gasteiger partial charge in [0.1, 0.15) is 0 Å². The summed E-state index contributed by atoms with van der Waals surface area (Å²) in [5.74, 6) is 0. The molecule has 0 aromatic heterocycles. The molecular weight excluding hydrogens is 382 g/mol. The van der Waals surface area contributed by atoms with E-state index in [0.29, 0.717) is 0 Å². The SMILES string of the molecule is C=CC1=C(/C=C\C)NON1[I-]I. The average Bonchev–Trinajstić information content (AvgIpc) is 2.47. The molecule has 1 aliphatic heterocycles. The quantitative estimate of drug-likeness (QED) is 0.497. The van der Waals surface area contributed by atoms with Gasteiger partial charge in [0.25, 0.3) is 0 Å². The zero-order chi connectivity index (χ0) is 8.97. The molecule has 1 aliphatic rings. The normalized spacial score (nSPS) is 17.7. The fraction of sp³-hybridized carbons (Fsp3) is 0.143. The third-order valence-electron chi connectivity index (χ3n) is 1.29. The topological polar surface area (TPSA) is 24.5 Å². The summed E-state index contributed by atoms with van der Waals surface area (Å²) in [5, 5.41) is 0. The van der Waals surface area contributed by atoms with Crippen molar-refractivity contribution in [3.8, 4) is 0 Å². The van der Waals surface area contributed by atoms with Crippen molar-refractivity contribution in [3.63, 3.8) is 0 Å². The van der Waals surface area contributed by atoms with Gasteiger partial charge in [0.15, 0.2) is 0 Å². The number of nitrogens with zero attached hydrogens (tertiary/aromatic N) is 1. The second kappa shape index (κ2) is 5.07. The van der Waals surface area contributed by atoms with Crippen LogP contribution in [0.1, 0.15) is 6.92 Å². The third-order valence-corrected chi connectivity index (χ3v) is 4.56. The molecule has 0 saturated carbocycles. The average molecular weight is 391 g/mol. The molecular formula is C7H9I2N2O-. The van der Waals surface area contributed by atoms with Gasteiger partial charge < -0.3 is 0 Å². The molecule has 1 heterocycles. The van der Waals surface area contributed by atoms with Crippen molar-refractivity contribution in [3.05, 3.63) is 36.2 Å². The molecule has 0 amide bonds. The summed E-state index contributed by atoms with van der Waals surface area (Å²) in [6.07, 6.45) is 5.73. The van der Waals surface area contributed by atoms with E-state index in [9.17, 15) is 0 Å². The molecule has 0 unspecified atom stereocenters. The van der Waals surface area contributed by atoms with Gasteiger partial charge in [-0.15, -0.1) is 0 Å². The van der Waals surface area contributed by atoms with Crippen molar-refractivity contribution < 1.29 is 22.4 Å². The first-order valence-corrected chi connectivity index (χ1v) is 10.6. The van der Waals surface area contributed by atoms with E-state index in [1.807, 2.05) is 22.4 Å². The molecule has 0 fully saturated rings. The Balaban J connectivity index is 2.86. The number of hydroxylamine groups is 2. The third kappa shape index (κ3) is 2.13. The van der Waals surface area contributed by atoms with Crippen molar-refractivity contribution in [1.82, 2.24) is 8.76 Å². The van der Waals surface area contributed by atoms with E-state index in [-0.39, 0.29) is 17.5 Å². The van der Waals surface area contributed by atoms with Gasteiger partial charge >= 0.3 is 92.9 Å². The summed E-state index contributed by atoms with van der Waals surface area (Å²) in [7, 11) is 0. The minimum absolute atomic E-state index is 0.126. The Morgan fingerprint density at radius 3 is 3.00 bits per heavy atom. The molecule has 12 heavy (non-hydrogen) atoms. The molecule has 0 saturated heterocycles. The van der Waals surface area contributed by atoms with Crippen molar-refractivity contribution >= 4 is 18.6 Å². The van der Waals surface area contributed by atoms with Crippen LogP contribution in [0.25, 0.3) is 0 Å². The van der Waals surface area contributed by atoms with E-state index < -0.39 is 0 Å². The van der Waals surface area contributed by atoms with E-state index in [1.165, 1.54) is 0 Å². The first kappa shape index (κ1) is 10.3. The second-order valence-electron chi connectivity index (χ2n) is 2.01. The van der Waals surface area contributed by atoms with E-state index in [1.54, 1.807) is 6.08 Å². The summed E-state index contributed by atoms with van der Waals surface area (Å²) in [6.45, 7) is 5.70. The molecule has 1 rings (SSSR count). The maximum atomic E-state index is 5.20. The molecule has 3 nitrogen and oxygen atoms in total. The maximum absolute atomic E-state index is 5.20. The first-order chi connectivity index (χ1) is 5.83. The standard InChI is InChI=1S/C7H9I2N2O/c1-3-5-6-7(4-2)11(9-8)12-10-6/h3-5,10H,2H2,1H3/q-1/b5-3-. The number of hydrogen-bond donors (Lipinski definition) is 1. The number of rotatable bonds is 3. The minimum atomic E-state index is -0.126. The summed E-state index contributed by atoms with van der Waals surface area (Å²) in [6, 6.07) is 0. The van der Waals surface area contributed by atoms with Crippen LogP contribution in [-0.4, -0.2) is 3.28 Å². The van der Waals surface area contributed by atoms with Crippen LogP contribution in [-0.2, 0) is 4.94 Å². The van der Waals surface area contributed by atoms with Crippen LogP contribution < -0.4 is 23.0 Å². The Bertz CT molecular complexity index is 238. The monoisotopic (exact) mass is 391 g/mol. The Kier molecular flexibility index (Phi) is 4.36. The van der Waals surface area contributed by atoms with Crippen LogP contribution >= 0.6 is 18.6 Å². The van der Waals surface area contributed by atoms with Crippen molar-refractivity contribution in [2.45, 2.75) is 6.92 Å². The Morgan fingerprint density at radius 1 is 1.75 bits per heavy atom. The van der Waals surface area contributed by atoms with Gasteiger partial charge in [-0.3, -0.25) is 0 Å². The Labute approximate surface area is 92.2 Å². The van der Waals surface area contributed by atoms with Gasteiger partial charge in [-0.2, -0.15) is 0 Å². The van der Waals surface area contributed by atoms with Crippen LogP contribution in [0.4, 0.5) is 0 Å². The van der Waals surface area contributed by atoms with Gasteiger partial charge in [0, 0.05) is 0 Å². The van der Waals surface area contributed by atoms with Crippen LogP contribution in [0, 0.1) is 0 Å². The van der Waals surface area contributed by atoms with Crippen LogP contribution in [0.2, 0.25) is 0 Å². The van der Waals surface area contributed by atoms with Gasteiger partial charge in [-0.05, 0) is 0 Å².